The Morgan fingerprint density at radius 3 is 1.49 bits per heavy atom. The lowest BCUT2D eigenvalue weighted by Gasteiger charge is -2.26. The van der Waals surface area contributed by atoms with E-state index in [0.717, 1.165) is 33.0 Å². The Balaban J connectivity index is 1.04. The van der Waals surface area contributed by atoms with Crippen LogP contribution in [0.4, 0.5) is 5.69 Å². The first-order valence-corrected chi connectivity index (χ1v) is 22.9. The Bertz CT molecular complexity index is 3010. The van der Waals surface area contributed by atoms with Gasteiger partial charge in [0.1, 0.15) is 29.4 Å². The molecule has 342 valence electrons. The monoisotopic (exact) mass is 906 g/mol. The summed E-state index contributed by atoms with van der Waals surface area (Å²) >= 11 is 0. The van der Waals surface area contributed by atoms with Crippen LogP contribution in [0.5, 0.6) is 0 Å². The molecule has 0 radical (unpaired) electrons. The maximum atomic E-state index is 14.6. The predicted octanol–water partition coefficient (Wildman–Crippen LogP) is 9.72. The highest BCUT2D eigenvalue weighted by atomic mass is 16.3. The summed E-state index contributed by atoms with van der Waals surface area (Å²) in [6.07, 6.45) is 0.585. The van der Waals surface area contributed by atoms with Crippen molar-refractivity contribution in [2.75, 3.05) is 11.9 Å². The van der Waals surface area contributed by atoms with Crippen molar-refractivity contribution < 1.29 is 33.1 Å². The fourth-order valence-electron chi connectivity index (χ4n) is 8.25. The molecule has 11 nitrogen and oxygen atoms in total. The molecular weight excluding hydrogens is 853 g/mol. The summed E-state index contributed by atoms with van der Waals surface area (Å²) in [7, 11) is 0. The maximum Gasteiger partial charge on any atom is 0.383 e. The maximum absolute atomic E-state index is 14.6. The Hall–Kier alpha value is -8.02. The van der Waals surface area contributed by atoms with Gasteiger partial charge in [0.05, 0.1) is 34.5 Å². The van der Waals surface area contributed by atoms with E-state index < -0.39 is 48.5 Å². The summed E-state index contributed by atoms with van der Waals surface area (Å²) in [5, 5.41) is 24.1. The van der Waals surface area contributed by atoms with Gasteiger partial charge in [0.25, 0.3) is 0 Å². The number of hydrogen-bond donors (Lipinski definition) is 5. The second-order valence-electron chi connectivity index (χ2n) is 17.2. The number of para-hydroxylation sites is 2. The van der Waals surface area contributed by atoms with Crippen molar-refractivity contribution in [1.82, 2.24) is 16.0 Å². The van der Waals surface area contributed by atoms with Crippen molar-refractivity contribution in [2.45, 2.75) is 57.3 Å². The van der Waals surface area contributed by atoms with Gasteiger partial charge >= 0.3 is 22.7 Å². The molecule has 0 aliphatic carbocycles. The predicted molar refractivity (Wildman–Crippen MR) is 266 cm³/mol. The Kier molecular flexibility index (Phi) is 15.0. The molecule has 0 unspecified atom stereocenters. The highest BCUT2D eigenvalue weighted by molar-refractivity contribution is 6.10. The lowest BCUT2D eigenvalue weighted by Crippen LogP contribution is -2.58. The molecule has 2 heterocycles. The van der Waals surface area contributed by atoms with Crippen LogP contribution in [0.25, 0.3) is 44.6 Å². The van der Waals surface area contributed by atoms with Gasteiger partial charge in [0.15, 0.2) is 5.78 Å². The number of ketones is 1. The third-order valence-corrected chi connectivity index (χ3v) is 11.7. The Labute approximate surface area is 395 Å². The smallest absolute Gasteiger partial charge is 0.383 e. The average molecular weight is 907 g/mol. The molecule has 0 aliphatic heterocycles. The van der Waals surface area contributed by atoms with Crippen molar-refractivity contribution in [1.29, 1.82) is 0 Å². The molecule has 0 saturated carbocycles. The number of aliphatic hydroxyl groups excluding tert-OH is 1. The van der Waals surface area contributed by atoms with Gasteiger partial charge in [0, 0.05) is 25.0 Å². The first kappa shape index (κ1) is 46.5. The first-order valence-electron chi connectivity index (χ1n) is 22.9. The van der Waals surface area contributed by atoms with Gasteiger partial charge in [-0.2, -0.15) is 0 Å². The summed E-state index contributed by atoms with van der Waals surface area (Å²) in [6.45, 7) is 3.16. The number of anilines is 1. The molecular formula is C57H54N4O7+2. The van der Waals surface area contributed by atoms with Crippen molar-refractivity contribution >= 4 is 51.1 Å². The van der Waals surface area contributed by atoms with E-state index in [-0.39, 0.29) is 24.5 Å². The van der Waals surface area contributed by atoms with Crippen LogP contribution in [0.1, 0.15) is 41.8 Å². The molecule has 8 aromatic rings. The number of amides is 3. The fraction of sp³-hybridized carbons (Fsp3) is 0.193. The number of benzene rings is 6. The van der Waals surface area contributed by atoms with E-state index in [1.165, 1.54) is 0 Å². The molecule has 4 atom stereocenters. The highest BCUT2D eigenvalue weighted by Crippen LogP contribution is 2.31. The highest BCUT2D eigenvalue weighted by Gasteiger charge is 2.34. The quantitative estimate of drug-likeness (QED) is 0.0396. The van der Waals surface area contributed by atoms with Crippen LogP contribution in [0, 0.1) is 5.92 Å². The summed E-state index contributed by atoms with van der Waals surface area (Å²) in [4.78, 5) is 57.7. The largest absolute Gasteiger partial charge is 0.394 e. The van der Waals surface area contributed by atoms with Crippen molar-refractivity contribution in [2.24, 2.45) is 5.92 Å². The van der Waals surface area contributed by atoms with Crippen LogP contribution in [-0.4, -0.2) is 59.4 Å². The number of nitrogens with one attached hydrogen (secondary N) is 4. The van der Waals surface area contributed by atoms with E-state index >= 15 is 0 Å². The molecule has 3 amide bonds. The number of Topliss-reactive ketones (excluding diaryl/α,β-unsaturated/α-hetero) is 1. The standard InChI is InChI=1S/C57H52N4O7/c1-37(2)33-46(52(63)44-27-15-25-42-29-31-50(67-53(42)44)40-21-11-5-12-22-40)59-56(65)48(35-39-19-9-4-10-20-39)60-57(66)49(36-62)61-55(64)47(34-38-17-7-3-8-18-38)58-45-28-16-26-43-30-32-51(68-54(43)45)41-23-13-6-14-24-41/h3-32,37,46-49,58,62H,33-36H2,1-2H3,(H-2,59,60,61,64,65,66)/p+2/t46-,47-,48-,49-/m0/s1. The molecule has 68 heavy (non-hydrogen) atoms. The summed E-state index contributed by atoms with van der Waals surface area (Å²) in [5.74, 6) is -1.07. The molecule has 8 rings (SSSR count). The van der Waals surface area contributed by atoms with Crippen LogP contribution < -0.4 is 21.3 Å². The van der Waals surface area contributed by atoms with Crippen molar-refractivity contribution in [3.8, 4) is 22.6 Å². The van der Waals surface area contributed by atoms with Crippen molar-refractivity contribution in [3.05, 3.63) is 199 Å². The van der Waals surface area contributed by atoms with Crippen LogP contribution >= 0.6 is 0 Å². The molecule has 5 N–H and O–H groups in total. The summed E-state index contributed by atoms with van der Waals surface area (Å²) in [6, 6.07) is 51.9. The first-order chi connectivity index (χ1) is 33.1. The van der Waals surface area contributed by atoms with Crippen LogP contribution in [0.15, 0.2) is 191 Å². The van der Waals surface area contributed by atoms with Gasteiger partial charge in [-0.05, 0) is 84.1 Å². The van der Waals surface area contributed by atoms with Crippen LogP contribution in [0.3, 0.4) is 0 Å². The van der Waals surface area contributed by atoms with Gasteiger partial charge in [-0.25, -0.2) is 8.83 Å². The Morgan fingerprint density at radius 2 is 0.926 bits per heavy atom. The van der Waals surface area contributed by atoms with E-state index in [2.05, 4.69) is 21.3 Å². The zero-order valence-corrected chi connectivity index (χ0v) is 37.9. The van der Waals surface area contributed by atoms with Gasteiger partial charge in [0.2, 0.25) is 17.7 Å². The lowest BCUT2D eigenvalue weighted by atomic mass is 9.94. The topological polar surface area (TPSA) is 159 Å². The molecule has 6 aromatic carbocycles. The molecule has 0 aliphatic rings. The third-order valence-electron chi connectivity index (χ3n) is 11.7. The SMILES string of the molecule is CC(C)C[C@H](NC(=O)[C@H](Cc1ccccc1)NC(=O)[C@H](CO)NC(=O)[C@H](Cc1ccccc1)Nc1cccc2ccc(-c3ccccc3)[o+]c12)C(=O)c1cccc2ccc(-c3ccccc3)[o+]c12. The van der Waals surface area contributed by atoms with Crippen molar-refractivity contribution in [3.63, 3.8) is 0 Å². The molecule has 0 saturated heterocycles. The Morgan fingerprint density at radius 1 is 0.471 bits per heavy atom. The summed E-state index contributed by atoms with van der Waals surface area (Å²) in [5.41, 5.74) is 5.13. The van der Waals surface area contributed by atoms with Gasteiger partial charge < -0.3 is 26.4 Å². The van der Waals surface area contributed by atoms with E-state index in [0.29, 0.717) is 40.4 Å². The van der Waals surface area contributed by atoms with Gasteiger partial charge in [-0.1, -0.05) is 123 Å². The molecule has 0 fully saturated rings. The molecule has 2 aromatic heterocycles. The molecule has 11 heteroatoms. The number of rotatable bonds is 19. The van der Waals surface area contributed by atoms with E-state index in [4.69, 9.17) is 8.83 Å². The minimum Gasteiger partial charge on any atom is -0.394 e. The van der Waals surface area contributed by atoms with E-state index in [1.807, 2.05) is 184 Å². The number of carbonyl (C=O) groups is 4. The van der Waals surface area contributed by atoms with Crippen LogP contribution in [-0.2, 0) is 27.2 Å². The fourth-order valence-corrected chi connectivity index (χ4v) is 8.25. The second-order valence-corrected chi connectivity index (χ2v) is 17.2. The molecule has 0 bridgehead atoms. The number of carbonyl (C=O) groups excluding carboxylic acids is 4. The lowest BCUT2D eigenvalue weighted by molar-refractivity contribution is -0.133. The number of fused-ring (bicyclic) bond motifs is 2. The number of hydrogen-bond acceptors (Lipinski definition) is 6. The number of aliphatic hydroxyl groups is 1. The normalized spacial score (nSPS) is 13.0. The van der Waals surface area contributed by atoms with E-state index in [9.17, 15) is 24.3 Å². The zero-order valence-electron chi connectivity index (χ0n) is 37.9. The minimum atomic E-state index is -1.44. The zero-order chi connectivity index (χ0) is 47.4. The molecule has 0 spiro atoms. The second kappa shape index (κ2) is 22.0. The van der Waals surface area contributed by atoms with E-state index in [1.54, 1.807) is 12.1 Å². The average Bonchev–Trinajstić information content (AvgIpc) is 3.37. The van der Waals surface area contributed by atoms with Gasteiger partial charge in [-0.3, -0.25) is 19.2 Å². The third kappa shape index (κ3) is 11.5. The van der Waals surface area contributed by atoms with Gasteiger partial charge in [-0.15, -0.1) is 0 Å². The minimum absolute atomic E-state index is 0.00177. The summed E-state index contributed by atoms with van der Waals surface area (Å²) < 4.78 is 12.8. The van der Waals surface area contributed by atoms with Crippen LogP contribution in [0.2, 0.25) is 0 Å².